The van der Waals surface area contributed by atoms with Crippen molar-refractivity contribution in [2.45, 2.75) is 6.54 Å². The first-order valence-electron chi connectivity index (χ1n) is 8.50. The van der Waals surface area contributed by atoms with E-state index in [-0.39, 0.29) is 24.1 Å². The smallest absolute Gasteiger partial charge is 0.251 e. The summed E-state index contributed by atoms with van der Waals surface area (Å²) in [4.78, 5) is 20.8. The van der Waals surface area contributed by atoms with E-state index in [1.807, 2.05) is 12.1 Å². The second kappa shape index (κ2) is 8.72. The van der Waals surface area contributed by atoms with E-state index >= 15 is 0 Å². The Morgan fingerprint density at radius 2 is 2.04 bits per heavy atom. The van der Waals surface area contributed by atoms with Gasteiger partial charge in [0.05, 0.1) is 11.9 Å². The molecule has 0 aliphatic rings. The summed E-state index contributed by atoms with van der Waals surface area (Å²) in [7, 11) is 1.59. The lowest BCUT2D eigenvalue weighted by Crippen LogP contribution is -2.27. The molecular weight excluding hydrogens is 359 g/mol. The average molecular weight is 378 g/mol. The van der Waals surface area contributed by atoms with Crippen molar-refractivity contribution in [3.05, 3.63) is 88.9 Å². The van der Waals surface area contributed by atoms with Gasteiger partial charge in [-0.3, -0.25) is 14.8 Å². The van der Waals surface area contributed by atoms with E-state index in [0.717, 1.165) is 5.56 Å². The third-order valence-corrected chi connectivity index (χ3v) is 3.90. The number of hydrogen-bond donors (Lipinski definition) is 2. The normalized spacial score (nSPS) is 11.7. The van der Waals surface area contributed by atoms with Crippen molar-refractivity contribution >= 4 is 17.9 Å². The molecular formula is C20H19FN6O. The average Bonchev–Trinajstić information content (AvgIpc) is 2.72. The first-order valence-corrected chi connectivity index (χ1v) is 8.50. The monoisotopic (exact) mass is 378 g/mol. The number of halogens is 1. The van der Waals surface area contributed by atoms with Crippen molar-refractivity contribution in [1.29, 1.82) is 0 Å². The summed E-state index contributed by atoms with van der Waals surface area (Å²) < 4.78 is 14.4. The maximum Gasteiger partial charge on any atom is 0.251 e. The first-order chi connectivity index (χ1) is 13.6. The van der Waals surface area contributed by atoms with E-state index in [9.17, 15) is 9.18 Å². The van der Waals surface area contributed by atoms with Crippen LogP contribution in [0.25, 0.3) is 0 Å². The molecule has 7 nitrogen and oxygen atoms in total. The summed E-state index contributed by atoms with van der Waals surface area (Å²) in [5.74, 6) is -0.389. The number of aromatic nitrogens is 2. The minimum Gasteiger partial charge on any atom is -0.384 e. The lowest BCUT2D eigenvalue weighted by Gasteiger charge is -2.09. The van der Waals surface area contributed by atoms with E-state index in [4.69, 9.17) is 5.73 Å². The number of pyridine rings is 2. The third kappa shape index (κ3) is 4.67. The van der Waals surface area contributed by atoms with Crippen molar-refractivity contribution in [3.63, 3.8) is 0 Å². The Bertz CT molecular complexity index is 1060. The quantitative estimate of drug-likeness (QED) is 0.664. The molecule has 1 amide bonds. The molecule has 3 rings (SSSR count). The lowest BCUT2D eigenvalue weighted by atomic mass is 10.2. The number of hydrogen-bond acceptors (Lipinski definition) is 5. The molecule has 3 N–H and O–H groups in total. The Labute approximate surface area is 161 Å². The number of amides is 1. The minimum absolute atomic E-state index is 0.252. The van der Waals surface area contributed by atoms with E-state index in [2.05, 4.69) is 20.4 Å². The fourth-order valence-corrected chi connectivity index (χ4v) is 2.47. The summed E-state index contributed by atoms with van der Waals surface area (Å²) in [5, 5.41) is 7.07. The van der Waals surface area contributed by atoms with E-state index in [1.165, 1.54) is 22.9 Å². The fraction of sp³-hybridized carbons (Fsp3) is 0.100. The number of carbonyl (C=O) groups is 1. The van der Waals surface area contributed by atoms with Crippen LogP contribution in [0.5, 0.6) is 0 Å². The van der Waals surface area contributed by atoms with Crippen molar-refractivity contribution in [3.8, 4) is 0 Å². The molecule has 0 fully saturated rings. The number of nitrogens with two attached hydrogens (primary N) is 1. The van der Waals surface area contributed by atoms with E-state index in [1.54, 1.807) is 43.7 Å². The molecule has 2 heterocycles. The van der Waals surface area contributed by atoms with Crippen molar-refractivity contribution in [2.75, 3.05) is 12.8 Å². The Morgan fingerprint density at radius 3 is 2.71 bits per heavy atom. The molecule has 28 heavy (non-hydrogen) atoms. The van der Waals surface area contributed by atoms with Crippen LogP contribution in [0.2, 0.25) is 0 Å². The zero-order valence-corrected chi connectivity index (χ0v) is 15.2. The number of nitrogens with zero attached hydrogens (tertiary/aromatic N) is 4. The highest BCUT2D eigenvalue weighted by atomic mass is 19.1. The standard InChI is InChI=1S/C20H19FN6O/c1-23-19-11-15(20(28)25-12-14-5-7-16(21)8-6-14)10-18(22)27(19)26-13-17-4-2-3-9-24-17/h2-11,13H,12,22H2,1H3,(H,25,28)/b23-19?,26-13+. The van der Waals surface area contributed by atoms with Crippen LogP contribution in [0.1, 0.15) is 21.6 Å². The van der Waals surface area contributed by atoms with Crippen LogP contribution < -0.4 is 16.5 Å². The van der Waals surface area contributed by atoms with Gasteiger partial charge in [0.2, 0.25) is 0 Å². The summed E-state index contributed by atoms with van der Waals surface area (Å²) in [6.45, 7) is 0.268. The maximum atomic E-state index is 13.0. The zero-order valence-electron chi connectivity index (χ0n) is 15.2. The van der Waals surface area contributed by atoms with Crippen LogP contribution in [0.3, 0.4) is 0 Å². The molecule has 0 saturated heterocycles. The number of nitrogen functional groups attached to an aromatic ring is 1. The molecule has 1 aromatic carbocycles. The van der Waals surface area contributed by atoms with Gasteiger partial charge in [-0.05, 0) is 42.0 Å². The second-order valence-corrected chi connectivity index (χ2v) is 5.87. The van der Waals surface area contributed by atoms with Crippen molar-refractivity contribution < 1.29 is 9.18 Å². The largest absolute Gasteiger partial charge is 0.384 e. The number of carbonyl (C=O) groups excluding carboxylic acids is 1. The van der Waals surface area contributed by atoms with Gasteiger partial charge >= 0.3 is 0 Å². The highest BCUT2D eigenvalue weighted by Crippen LogP contribution is 2.06. The zero-order chi connectivity index (χ0) is 19.9. The van der Waals surface area contributed by atoms with Gasteiger partial charge in [-0.15, -0.1) is 0 Å². The predicted octanol–water partition coefficient (Wildman–Crippen LogP) is 1.95. The van der Waals surface area contributed by atoms with Gasteiger partial charge in [0, 0.05) is 25.4 Å². The molecule has 0 unspecified atom stereocenters. The van der Waals surface area contributed by atoms with E-state index < -0.39 is 0 Å². The first kappa shape index (κ1) is 19.0. The Balaban J connectivity index is 1.79. The van der Waals surface area contributed by atoms with Crippen LogP contribution in [-0.2, 0) is 6.54 Å². The molecule has 0 aliphatic heterocycles. The van der Waals surface area contributed by atoms with Gasteiger partial charge in [-0.2, -0.15) is 9.78 Å². The molecule has 0 saturated carbocycles. The fourth-order valence-electron chi connectivity index (χ4n) is 2.47. The van der Waals surface area contributed by atoms with Gasteiger partial charge < -0.3 is 11.1 Å². The van der Waals surface area contributed by atoms with Gasteiger partial charge in [0.15, 0.2) is 5.49 Å². The maximum absolute atomic E-state index is 13.0. The molecule has 8 heteroatoms. The van der Waals surface area contributed by atoms with Crippen LogP contribution >= 0.6 is 0 Å². The number of benzene rings is 1. The van der Waals surface area contributed by atoms with Gasteiger partial charge in [-0.1, -0.05) is 18.2 Å². The molecule has 142 valence electrons. The predicted molar refractivity (Wildman–Crippen MR) is 105 cm³/mol. The van der Waals surface area contributed by atoms with Gasteiger partial charge in [0.1, 0.15) is 11.6 Å². The SMILES string of the molecule is CN=c1cc(C(=O)NCc2ccc(F)cc2)cc(N)n1/N=C/c1ccccn1. The molecule has 0 spiro atoms. The summed E-state index contributed by atoms with van der Waals surface area (Å²) >= 11 is 0. The highest BCUT2D eigenvalue weighted by molar-refractivity contribution is 5.94. The van der Waals surface area contributed by atoms with Crippen LogP contribution in [0.4, 0.5) is 10.2 Å². The summed E-state index contributed by atoms with van der Waals surface area (Å²) in [6.07, 6.45) is 3.22. The molecule has 0 radical (unpaired) electrons. The second-order valence-electron chi connectivity index (χ2n) is 5.87. The third-order valence-electron chi connectivity index (χ3n) is 3.90. The number of rotatable bonds is 5. The topological polar surface area (TPSA) is 97.7 Å². The highest BCUT2D eigenvalue weighted by Gasteiger charge is 2.09. The minimum atomic E-state index is -0.323. The van der Waals surface area contributed by atoms with Crippen molar-refractivity contribution in [2.24, 2.45) is 10.1 Å². The molecule has 0 bridgehead atoms. The Kier molecular flexibility index (Phi) is 5.91. The number of nitrogens with one attached hydrogen (secondary N) is 1. The number of anilines is 1. The van der Waals surface area contributed by atoms with E-state index in [0.29, 0.717) is 16.7 Å². The summed E-state index contributed by atoms with van der Waals surface area (Å²) in [5.41, 5.74) is 8.29. The van der Waals surface area contributed by atoms with Crippen LogP contribution in [0.15, 0.2) is 70.9 Å². The Hall–Kier alpha value is -3.81. The van der Waals surface area contributed by atoms with Crippen LogP contribution in [0, 0.1) is 5.82 Å². The van der Waals surface area contributed by atoms with Gasteiger partial charge in [-0.25, -0.2) is 4.39 Å². The summed E-state index contributed by atoms with van der Waals surface area (Å²) in [6, 6.07) is 14.5. The molecule has 0 atom stereocenters. The van der Waals surface area contributed by atoms with Gasteiger partial charge in [0.25, 0.3) is 5.91 Å². The lowest BCUT2D eigenvalue weighted by molar-refractivity contribution is 0.0950. The Morgan fingerprint density at radius 1 is 1.25 bits per heavy atom. The molecule has 3 aromatic rings. The molecule has 2 aromatic heterocycles. The van der Waals surface area contributed by atoms with Crippen LogP contribution in [-0.4, -0.2) is 28.8 Å². The van der Waals surface area contributed by atoms with Crippen molar-refractivity contribution in [1.82, 2.24) is 15.0 Å². The molecule has 0 aliphatic carbocycles.